The Kier molecular flexibility index (Phi) is 3.18. The first kappa shape index (κ1) is 10.8. The van der Waals surface area contributed by atoms with Gasteiger partial charge in [0.2, 0.25) is 0 Å². The highest BCUT2D eigenvalue weighted by Gasteiger charge is 2.22. The Morgan fingerprint density at radius 1 is 1.40 bits per heavy atom. The molecule has 1 saturated heterocycles. The molecule has 0 bridgehead atoms. The van der Waals surface area contributed by atoms with Gasteiger partial charge in [-0.15, -0.1) is 0 Å². The Hall–Kier alpha value is -0.720. The molecule has 1 aliphatic carbocycles. The highest BCUT2D eigenvalue weighted by molar-refractivity contribution is 5.28. The van der Waals surface area contributed by atoms with E-state index >= 15 is 0 Å². The summed E-state index contributed by atoms with van der Waals surface area (Å²) in [4.78, 5) is 2.58. The first-order valence-corrected chi connectivity index (χ1v) is 6.35. The van der Waals surface area contributed by atoms with Gasteiger partial charge in [-0.2, -0.15) is 0 Å². The van der Waals surface area contributed by atoms with Crippen LogP contribution in [0.15, 0.2) is 23.4 Å². The predicted molar refractivity (Wildman–Crippen MR) is 65.6 cm³/mol. The van der Waals surface area contributed by atoms with Crippen LogP contribution in [0.4, 0.5) is 0 Å². The minimum Gasteiger partial charge on any atom is -0.369 e. The smallest absolute Gasteiger partial charge is 0.0327 e. The van der Waals surface area contributed by atoms with E-state index in [-0.39, 0.29) is 0 Å². The molecule has 0 amide bonds. The topological polar surface area (TPSA) is 3.24 Å². The molecule has 0 aromatic carbocycles. The fourth-order valence-electron chi connectivity index (χ4n) is 2.68. The van der Waals surface area contributed by atoms with Gasteiger partial charge >= 0.3 is 0 Å². The molecule has 15 heavy (non-hydrogen) atoms. The number of hydrogen-bond acceptors (Lipinski definition) is 1. The van der Waals surface area contributed by atoms with Crippen molar-refractivity contribution in [3.05, 3.63) is 23.4 Å². The normalized spacial score (nSPS) is 26.9. The third-order valence-corrected chi connectivity index (χ3v) is 3.75. The van der Waals surface area contributed by atoms with E-state index in [0.717, 1.165) is 6.04 Å². The van der Waals surface area contributed by atoms with Gasteiger partial charge in [-0.1, -0.05) is 25.5 Å². The lowest BCUT2D eigenvalue weighted by Crippen LogP contribution is -2.26. The Labute approximate surface area is 93.9 Å². The zero-order valence-corrected chi connectivity index (χ0v) is 10.3. The number of allylic oxidation sites excluding steroid dienone is 3. The third-order valence-electron chi connectivity index (χ3n) is 3.75. The van der Waals surface area contributed by atoms with Gasteiger partial charge in [0.25, 0.3) is 0 Å². The lowest BCUT2D eigenvalue weighted by atomic mass is 9.93. The lowest BCUT2D eigenvalue weighted by Gasteiger charge is -2.28. The van der Waals surface area contributed by atoms with Crippen LogP contribution in [0.3, 0.4) is 0 Å². The summed E-state index contributed by atoms with van der Waals surface area (Å²) in [6, 6.07) is 0.749. The van der Waals surface area contributed by atoms with Crippen molar-refractivity contribution < 1.29 is 0 Å². The van der Waals surface area contributed by atoms with Gasteiger partial charge in [0.1, 0.15) is 0 Å². The summed E-state index contributed by atoms with van der Waals surface area (Å²) in [5.74, 6) is 0.714. The molecule has 2 rings (SSSR count). The molecule has 1 heteroatoms. The Morgan fingerprint density at radius 2 is 2.20 bits per heavy atom. The molecule has 0 N–H and O–H groups in total. The summed E-state index contributed by atoms with van der Waals surface area (Å²) >= 11 is 0. The van der Waals surface area contributed by atoms with Crippen LogP contribution in [-0.4, -0.2) is 17.5 Å². The van der Waals surface area contributed by atoms with E-state index in [4.69, 9.17) is 0 Å². The van der Waals surface area contributed by atoms with Crippen molar-refractivity contribution in [2.45, 2.75) is 52.5 Å². The van der Waals surface area contributed by atoms with E-state index in [9.17, 15) is 0 Å². The van der Waals surface area contributed by atoms with Crippen LogP contribution >= 0.6 is 0 Å². The second kappa shape index (κ2) is 4.42. The zero-order valence-electron chi connectivity index (χ0n) is 10.3. The quantitative estimate of drug-likeness (QED) is 0.664. The molecule has 2 aliphatic rings. The minimum atomic E-state index is 0.714. The SMILES string of the molecule is CC(C)C1=CC(N2CCCC2C)=CCC1. The fourth-order valence-corrected chi connectivity index (χ4v) is 2.68. The molecule has 1 atom stereocenters. The van der Waals surface area contributed by atoms with E-state index in [1.54, 1.807) is 5.57 Å². The van der Waals surface area contributed by atoms with Crippen molar-refractivity contribution in [2.24, 2.45) is 5.92 Å². The molecule has 0 spiro atoms. The molecule has 0 radical (unpaired) electrons. The van der Waals surface area contributed by atoms with Crippen molar-refractivity contribution >= 4 is 0 Å². The van der Waals surface area contributed by atoms with Crippen LogP contribution < -0.4 is 0 Å². The maximum atomic E-state index is 2.58. The average Bonchev–Trinajstić information content (AvgIpc) is 2.64. The molecular weight excluding hydrogens is 182 g/mol. The van der Waals surface area contributed by atoms with Crippen molar-refractivity contribution in [1.29, 1.82) is 0 Å². The summed E-state index contributed by atoms with van der Waals surface area (Å²) in [6.45, 7) is 8.23. The molecule has 1 unspecified atom stereocenters. The van der Waals surface area contributed by atoms with Crippen molar-refractivity contribution in [1.82, 2.24) is 4.90 Å². The molecule has 0 aromatic heterocycles. The van der Waals surface area contributed by atoms with Gasteiger partial charge in [0, 0.05) is 18.3 Å². The predicted octanol–water partition coefficient (Wildman–Crippen LogP) is 3.73. The van der Waals surface area contributed by atoms with E-state index < -0.39 is 0 Å². The number of rotatable bonds is 2. The molecule has 0 aromatic rings. The number of nitrogens with zero attached hydrogens (tertiary/aromatic N) is 1. The fraction of sp³-hybridized carbons (Fsp3) is 0.714. The maximum Gasteiger partial charge on any atom is 0.0327 e. The van der Waals surface area contributed by atoms with Crippen LogP contribution in [0, 0.1) is 5.92 Å². The van der Waals surface area contributed by atoms with Gasteiger partial charge in [-0.05, 0) is 44.6 Å². The summed E-state index contributed by atoms with van der Waals surface area (Å²) in [5.41, 5.74) is 3.13. The monoisotopic (exact) mass is 205 g/mol. The first-order chi connectivity index (χ1) is 7.18. The summed E-state index contributed by atoms with van der Waals surface area (Å²) in [6.07, 6.45) is 10.1. The molecule has 1 heterocycles. The van der Waals surface area contributed by atoms with E-state index in [1.165, 1.54) is 37.9 Å². The minimum absolute atomic E-state index is 0.714. The van der Waals surface area contributed by atoms with Gasteiger partial charge in [0.15, 0.2) is 0 Å². The largest absolute Gasteiger partial charge is 0.369 e. The van der Waals surface area contributed by atoms with Gasteiger partial charge in [-0.3, -0.25) is 0 Å². The highest BCUT2D eigenvalue weighted by atomic mass is 15.2. The zero-order chi connectivity index (χ0) is 10.8. The van der Waals surface area contributed by atoms with E-state index in [0.29, 0.717) is 5.92 Å². The molecule has 1 nitrogen and oxygen atoms in total. The average molecular weight is 205 g/mol. The van der Waals surface area contributed by atoms with Gasteiger partial charge in [-0.25, -0.2) is 0 Å². The third kappa shape index (κ3) is 2.27. The summed E-state index contributed by atoms with van der Waals surface area (Å²) in [5, 5.41) is 0. The van der Waals surface area contributed by atoms with Crippen molar-refractivity contribution in [2.75, 3.05) is 6.54 Å². The van der Waals surface area contributed by atoms with Crippen LogP contribution in [0.1, 0.15) is 46.5 Å². The number of likely N-dealkylation sites (tertiary alicyclic amines) is 1. The van der Waals surface area contributed by atoms with E-state index in [2.05, 4.69) is 37.8 Å². The Balaban J connectivity index is 2.12. The van der Waals surface area contributed by atoms with Crippen molar-refractivity contribution in [3.63, 3.8) is 0 Å². The molecule has 84 valence electrons. The highest BCUT2D eigenvalue weighted by Crippen LogP contribution is 2.29. The maximum absolute atomic E-state index is 2.58. The van der Waals surface area contributed by atoms with Gasteiger partial charge < -0.3 is 4.90 Å². The Morgan fingerprint density at radius 3 is 2.80 bits per heavy atom. The first-order valence-electron chi connectivity index (χ1n) is 6.35. The van der Waals surface area contributed by atoms with Crippen LogP contribution in [0.5, 0.6) is 0 Å². The molecular formula is C14H23N. The molecule has 1 fully saturated rings. The van der Waals surface area contributed by atoms with Crippen molar-refractivity contribution in [3.8, 4) is 0 Å². The van der Waals surface area contributed by atoms with Crippen LogP contribution in [0.25, 0.3) is 0 Å². The second-order valence-corrected chi connectivity index (χ2v) is 5.23. The number of hydrogen-bond donors (Lipinski definition) is 0. The van der Waals surface area contributed by atoms with E-state index in [1.807, 2.05) is 0 Å². The summed E-state index contributed by atoms with van der Waals surface area (Å²) < 4.78 is 0. The second-order valence-electron chi connectivity index (χ2n) is 5.23. The lowest BCUT2D eigenvalue weighted by molar-refractivity contribution is 0.346. The molecule has 1 aliphatic heterocycles. The Bertz CT molecular complexity index is 286. The van der Waals surface area contributed by atoms with Crippen LogP contribution in [-0.2, 0) is 0 Å². The molecule has 0 saturated carbocycles. The summed E-state index contributed by atoms with van der Waals surface area (Å²) in [7, 11) is 0. The van der Waals surface area contributed by atoms with Crippen LogP contribution in [0.2, 0.25) is 0 Å². The standard InChI is InChI=1S/C14H23N/c1-11(2)13-7-4-8-14(10-13)15-9-5-6-12(15)3/h8,10-12H,4-7,9H2,1-3H3. The van der Waals surface area contributed by atoms with Gasteiger partial charge in [0.05, 0.1) is 0 Å².